The summed E-state index contributed by atoms with van der Waals surface area (Å²) in [6, 6.07) is 9.30. The Morgan fingerprint density at radius 2 is 1.73 bits per heavy atom. The number of rotatable bonds is 5. The van der Waals surface area contributed by atoms with Crippen LogP contribution in [0.4, 0.5) is 0 Å². The van der Waals surface area contributed by atoms with Gasteiger partial charge in [-0.15, -0.1) is 0 Å². The average molecular weight is 354 g/mol. The minimum atomic E-state index is 0.299. The van der Waals surface area contributed by atoms with Crippen molar-refractivity contribution in [2.24, 2.45) is 10.8 Å². The highest BCUT2D eigenvalue weighted by Gasteiger charge is 2.34. The van der Waals surface area contributed by atoms with Gasteiger partial charge >= 0.3 is 0 Å². The maximum atomic E-state index is 2.68. The van der Waals surface area contributed by atoms with E-state index in [-0.39, 0.29) is 0 Å². The molecule has 0 saturated carbocycles. The molecule has 2 aliphatic rings. The summed E-state index contributed by atoms with van der Waals surface area (Å²) in [6.45, 7) is 15.8. The Morgan fingerprint density at radius 3 is 2.38 bits per heavy atom. The monoisotopic (exact) mass is 353 g/mol. The number of allylic oxidation sites excluding steroid dienone is 2. The van der Waals surface area contributed by atoms with Gasteiger partial charge in [-0.2, -0.15) is 0 Å². The van der Waals surface area contributed by atoms with E-state index in [0.29, 0.717) is 10.8 Å². The van der Waals surface area contributed by atoms with Crippen molar-refractivity contribution < 1.29 is 0 Å². The molecule has 1 aliphatic heterocycles. The van der Waals surface area contributed by atoms with Crippen LogP contribution in [0, 0.1) is 10.8 Å². The van der Waals surface area contributed by atoms with Gasteiger partial charge in [0.05, 0.1) is 0 Å². The normalized spacial score (nSPS) is 23.7. The highest BCUT2D eigenvalue weighted by Crippen LogP contribution is 2.48. The molecule has 0 aromatic heterocycles. The molecule has 1 saturated heterocycles. The average Bonchev–Trinajstić information content (AvgIpc) is 2.58. The van der Waals surface area contributed by atoms with Gasteiger partial charge in [0.1, 0.15) is 0 Å². The lowest BCUT2D eigenvalue weighted by molar-refractivity contribution is 0.209. The lowest BCUT2D eigenvalue weighted by atomic mass is 9.65. The number of likely N-dealkylation sites (tertiary alicyclic amines) is 1. The van der Waals surface area contributed by atoms with Crippen molar-refractivity contribution in [3.05, 3.63) is 41.5 Å². The van der Waals surface area contributed by atoms with Crippen LogP contribution in [0.1, 0.15) is 90.2 Å². The molecule has 1 nitrogen and oxygen atoms in total. The fourth-order valence-electron chi connectivity index (χ4n) is 5.55. The van der Waals surface area contributed by atoms with Crippen molar-refractivity contribution in [2.75, 3.05) is 19.6 Å². The second-order valence-electron chi connectivity index (χ2n) is 10.2. The van der Waals surface area contributed by atoms with Crippen LogP contribution in [0.15, 0.2) is 30.3 Å². The Kier molecular flexibility index (Phi) is 5.97. The summed E-state index contributed by atoms with van der Waals surface area (Å²) in [5, 5.41) is 0. The SMILES string of the molecule is CCCCN1CCC(c2ccccc2C2=CC(C)(C)CC(C)(C)C2)CC1. The largest absolute Gasteiger partial charge is 0.303 e. The molecular formula is C25H39N. The first-order chi connectivity index (χ1) is 12.3. The summed E-state index contributed by atoms with van der Waals surface area (Å²) in [5.41, 5.74) is 5.44. The Hall–Kier alpha value is -1.08. The van der Waals surface area contributed by atoms with Crippen molar-refractivity contribution in [1.82, 2.24) is 4.90 Å². The van der Waals surface area contributed by atoms with E-state index in [1.807, 2.05) is 0 Å². The van der Waals surface area contributed by atoms with Crippen LogP contribution in [0.2, 0.25) is 0 Å². The van der Waals surface area contributed by atoms with Gasteiger partial charge in [0.15, 0.2) is 0 Å². The van der Waals surface area contributed by atoms with Crippen LogP contribution in [-0.2, 0) is 0 Å². The smallest absolute Gasteiger partial charge is 0.00129 e. The van der Waals surface area contributed by atoms with Crippen LogP contribution in [0.5, 0.6) is 0 Å². The van der Waals surface area contributed by atoms with Gasteiger partial charge in [-0.1, -0.05) is 71.4 Å². The summed E-state index contributed by atoms with van der Waals surface area (Å²) in [5.74, 6) is 0.734. The van der Waals surface area contributed by atoms with Gasteiger partial charge in [0, 0.05) is 0 Å². The molecule has 0 spiro atoms. The van der Waals surface area contributed by atoms with Crippen molar-refractivity contribution in [2.45, 2.75) is 79.1 Å². The number of hydrogen-bond acceptors (Lipinski definition) is 1. The molecule has 144 valence electrons. The topological polar surface area (TPSA) is 3.24 Å². The molecule has 1 aromatic rings. The molecule has 0 unspecified atom stereocenters. The number of unbranched alkanes of at least 4 members (excludes halogenated alkanes) is 1. The Morgan fingerprint density at radius 1 is 1.04 bits per heavy atom. The van der Waals surface area contributed by atoms with Gasteiger partial charge in [0.25, 0.3) is 0 Å². The van der Waals surface area contributed by atoms with E-state index in [0.717, 1.165) is 5.92 Å². The van der Waals surface area contributed by atoms with Crippen molar-refractivity contribution in [3.8, 4) is 0 Å². The highest BCUT2D eigenvalue weighted by atomic mass is 15.1. The minimum absolute atomic E-state index is 0.299. The van der Waals surface area contributed by atoms with E-state index in [9.17, 15) is 0 Å². The van der Waals surface area contributed by atoms with E-state index in [1.54, 1.807) is 16.7 Å². The predicted octanol–water partition coefficient (Wildman–Crippen LogP) is 6.90. The van der Waals surface area contributed by atoms with Gasteiger partial charge in [-0.05, 0) is 85.2 Å². The first-order valence-electron chi connectivity index (χ1n) is 10.8. The summed E-state index contributed by atoms with van der Waals surface area (Å²) < 4.78 is 0. The van der Waals surface area contributed by atoms with Crippen molar-refractivity contribution in [1.29, 1.82) is 0 Å². The lowest BCUT2D eigenvalue weighted by Gasteiger charge is -2.40. The van der Waals surface area contributed by atoms with Crippen molar-refractivity contribution in [3.63, 3.8) is 0 Å². The molecule has 1 fully saturated rings. The third-order valence-corrected chi connectivity index (χ3v) is 6.33. The van der Waals surface area contributed by atoms with E-state index < -0.39 is 0 Å². The maximum Gasteiger partial charge on any atom is -0.00129 e. The maximum absolute atomic E-state index is 2.68. The molecule has 1 heteroatoms. The van der Waals surface area contributed by atoms with Crippen LogP contribution in [0.25, 0.3) is 5.57 Å². The first kappa shape index (κ1) is 19.7. The van der Waals surface area contributed by atoms with Gasteiger partial charge in [-0.3, -0.25) is 0 Å². The molecule has 26 heavy (non-hydrogen) atoms. The summed E-state index contributed by atoms with van der Waals surface area (Å²) >= 11 is 0. The van der Waals surface area contributed by atoms with Gasteiger partial charge < -0.3 is 4.90 Å². The van der Waals surface area contributed by atoms with E-state index >= 15 is 0 Å². The number of nitrogens with zero attached hydrogens (tertiary/aromatic N) is 1. The second-order valence-corrected chi connectivity index (χ2v) is 10.2. The molecule has 3 rings (SSSR count). The van der Waals surface area contributed by atoms with Crippen molar-refractivity contribution >= 4 is 5.57 Å². The fourth-order valence-corrected chi connectivity index (χ4v) is 5.55. The van der Waals surface area contributed by atoms with E-state index in [4.69, 9.17) is 0 Å². The zero-order valence-corrected chi connectivity index (χ0v) is 17.8. The minimum Gasteiger partial charge on any atom is -0.303 e. The Bertz CT molecular complexity index is 629. The predicted molar refractivity (Wildman–Crippen MR) is 115 cm³/mol. The molecule has 0 atom stereocenters. The molecule has 1 aromatic carbocycles. The summed E-state index contributed by atoms with van der Waals surface area (Å²) in [7, 11) is 0. The number of piperidine rings is 1. The Balaban J connectivity index is 1.80. The third-order valence-electron chi connectivity index (χ3n) is 6.33. The first-order valence-corrected chi connectivity index (χ1v) is 10.8. The summed E-state index contributed by atoms with van der Waals surface area (Å²) in [4.78, 5) is 2.68. The van der Waals surface area contributed by atoms with E-state index in [2.05, 4.69) is 69.9 Å². The molecule has 0 bridgehead atoms. The zero-order valence-electron chi connectivity index (χ0n) is 17.8. The molecule has 0 amide bonds. The van der Waals surface area contributed by atoms with Crippen LogP contribution in [-0.4, -0.2) is 24.5 Å². The van der Waals surface area contributed by atoms with Gasteiger partial charge in [0.2, 0.25) is 0 Å². The number of benzene rings is 1. The second kappa shape index (κ2) is 7.89. The molecule has 0 radical (unpaired) electrons. The highest BCUT2D eigenvalue weighted by molar-refractivity contribution is 5.71. The Labute approximate surface area is 161 Å². The van der Waals surface area contributed by atoms with Gasteiger partial charge in [-0.25, -0.2) is 0 Å². The quantitative estimate of drug-likeness (QED) is 0.556. The third kappa shape index (κ3) is 4.80. The van der Waals surface area contributed by atoms with E-state index in [1.165, 1.54) is 58.2 Å². The lowest BCUT2D eigenvalue weighted by Crippen LogP contribution is -2.34. The molecule has 1 aliphatic carbocycles. The number of hydrogen-bond donors (Lipinski definition) is 0. The molecule has 1 heterocycles. The molecular weight excluding hydrogens is 314 g/mol. The zero-order chi connectivity index (χ0) is 18.8. The fraction of sp³-hybridized carbons (Fsp3) is 0.680. The van der Waals surface area contributed by atoms with Crippen LogP contribution < -0.4 is 0 Å². The standard InChI is InChI=1S/C25H39N/c1-6-7-14-26-15-12-20(13-16-26)22-10-8-9-11-23(22)21-17-24(2,3)19-25(4,5)18-21/h8-11,17,20H,6-7,12-16,18-19H2,1-5H3. The van der Waals surface area contributed by atoms with Crippen LogP contribution >= 0.6 is 0 Å². The summed E-state index contributed by atoms with van der Waals surface area (Å²) in [6.07, 6.45) is 10.4. The molecule has 0 N–H and O–H groups in total. The van der Waals surface area contributed by atoms with Crippen LogP contribution in [0.3, 0.4) is 0 Å².